The Bertz CT molecular complexity index is 618. The number of nitrogens with zero attached hydrogens (tertiary/aromatic N) is 3. The van der Waals surface area contributed by atoms with Gasteiger partial charge in [0.05, 0.1) is 5.69 Å². The van der Waals surface area contributed by atoms with E-state index in [2.05, 4.69) is 33.3 Å². The molecule has 3 heterocycles. The highest BCUT2D eigenvalue weighted by molar-refractivity contribution is 5.36. The molecule has 0 amide bonds. The molecule has 5 heteroatoms. The highest BCUT2D eigenvalue weighted by Gasteiger charge is 2.24. The van der Waals surface area contributed by atoms with E-state index in [1.165, 1.54) is 17.5 Å². The molecule has 0 unspecified atom stereocenters. The topological polar surface area (TPSA) is 54.2 Å². The normalized spacial score (nSPS) is 18.8. The van der Waals surface area contributed by atoms with Crippen LogP contribution in [-0.2, 0) is 6.54 Å². The molecule has 22 heavy (non-hydrogen) atoms. The largest absolute Gasteiger partial charge is 0.370 e. The van der Waals surface area contributed by atoms with E-state index >= 15 is 0 Å². The number of rotatable bonds is 5. The van der Waals surface area contributed by atoms with Gasteiger partial charge >= 0.3 is 0 Å². The first-order chi connectivity index (χ1) is 10.6. The lowest BCUT2D eigenvalue weighted by Gasteiger charge is -2.16. The molecule has 1 aliphatic rings. The van der Waals surface area contributed by atoms with Gasteiger partial charge in [0, 0.05) is 31.4 Å². The van der Waals surface area contributed by atoms with Crippen molar-refractivity contribution >= 4 is 5.82 Å². The van der Waals surface area contributed by atoms with Gasteiger partial charge in [0.25, 0.3) is 0 Å². The van der Waals surface area contributed by atoms with Gasteiger partial charge in [0.15, 0.2) is 0 Å². The minimum absolute atomic E-state index is 0.669. The molecule has 0 radical (unpaired) electrons. The molecule has 2 aromatic rings. The Balaban J connectivity index is 1.50. The van der Waals surface area contributed by atoms with Crippen molar-refractivity contribution in [1.82, 2.24) is 15.0 Å². The Morgan fingerprint density at radius 2 is 2.23 bits per heavy atom. The van der Waals surface area contributed by atoms with E-state index in [1.807, 2.05) is 26.1 Å². The zero-order valence-corrected chi connectivity index (χ0v) is 13.6. The van der Waals surface area contributed by atoms with Crippen LogP contribution in [0.3, 0.4) is 0 Å². The Hall–Kier alpha value is -1.88. The van der Waals surface area contributed by atoms with Gasteiger partial charge in [0.1, 0.15) is 11.6 Å². The van der Waals surface area contributed by atoms with Crippen LogP contribution in [0.5, 0.6) is 0 Å². The number of hydrogen-bond donors (Lipinski definition) is 1. The van der Waals surface area contributed by atoms with Crippen molar-refractivity contribution < 1.29 is 4.52 Å². The van der Waals surface area contributed by atoms with Gasteiger partial charge in [-0.1, -0.05) is 5.16 Å². The van der Waals surface area contributed by atoms with Gasteiger partial charge in [-0.3, -0.25) is 4.90 Å². The molecule has 3 rings (SSSR count). The fraction of sp³-hybridized carbons (Fsp3) is 0.529. The zero-order chi connectivity index (χ0) is 15.5. The van der Waals surface area contributed by atoms with Crippen molar-refractivity contribution in [3.63, 3.8) is 0 Å². The molecular formula is C17H24N4O. The fourth-order valence-electron chi connectivity index (χ4n) is 3.06. The summed E-state index contributed by atoms with van der Waals surface area (Å²) in [7, 11) is 0. The van der Waals surface area contributed by atoms with Gasteiger partial charge in [-0.2, -0.15) is 0 Å². The first-order valence-electron chi connectivity index (χ1n) is 7.92. The van der Waals surface area contributed by atoms with Crippen LogP contribution in [-0.4, -0.2) is 34.7 Å². The average molecular weight is 300 g/mol. The molecular weight excluding hydrogens is 276 g/mol. The number of hydrogen-bond acceptors (Lipinski definition) is 5. The highest BCUT2D eigenvalue weighted by atomic mass is 16.5. The summed E-state index contributed by atoms with van der Waals surface area (Å²) in [5.74, 6) is 2.59. The predicted octanol–water partition coefficient (Wildman–Crippen LogP) is 2.93. The van der Waals surface area contributed by atoms with Crippen molar-refractivity contribution in [2.45, 2.75) is 33.7 Å². The minimum atomic E-state index is 0.669. The second-order valence-electron chi connectivity index (χ2n) is 6.29. The van der Waals surface area contributed by atoms with E-state index in [4.69, 9.17) is 4.52 Å². The lowest BCUT2D eigenvalue weighted by molar-refractivity contribution is 0.315. The summed E-state index contributed by atoms with van der Waals surface area (Å²) in [5.41, 5.74) is 3.50. The number of anilines is 1. The molecule has 1 aliphatic heterocycles. The molecule has 1 N–H and O–H groups in total. The fourth-order valence-corrected chi connectivity index (χ4v) is 3.06. The summed E-state index contributed by atoms with van der Waals surface area (Å²) in [4.78, 5) is 6.85. The van der Waals surface area contributed by atoms with Crippen LogP contribution in [0.25, 0.3) is 0 Å². The quantitative estimate of drug-likeness (QED) is 0.920. The van der Waals surface area contributed by atoms with Gasteiger partial charge in [-0.05, 0) is 57.4 Å². The predicted molar refractivity (Wildman–Crippen MR) is 86.8 cm³/mol. The monoisotopic (exact) mass is 300 g/mol. The van der Waals surface area contributed by atoms with Crippen molar-refractivity contribution in [1.29, 1.82) is 0 Å². The third-order valence-corrected chi connectivity index (χ3v) is 4.42. The average Bonchev–Trinajstić information content (AvgIpc) is 3.07. The third-order valence-electron chi connectivity index (χ3n) is 4.42. The van der Waals surface area contributed by atoms with Crippen LogP contribution in [0, 0.1) is 26.7 Å². The van der Waals surface area contributed by atoms with E-state index in [0.29, 0.717) is 5.92 Å². The number of aromatic nitrogens is 2. The Labute approximate surface area is 131 Å². The van der Waals surface area contributed by atoms with E-state index in [1.54, 1.807) is 0 Å². The van der Waals surface area contributed by atoms with Crippen LogP contribution in [0.2, 0.25) is 0 Å². The number of aryl methyl sites for hydroxylation is 3. The van der Waals surface area contributed by atoms with Crippen molar-refractivity contribution in [2.24, 2.45) is 5.92 Å². The Morgan fingerprint density at radius 3 is 2.95 bits per heavy atom. The number of likely N-dealkylation sites (tertiary alicyclic amines) is 1. The molecule has 0 aliphatic carbocycles. The van der Waals surface area contributed by atoms with Crippen molar-refractivity contribution in [2.75, 3.05) is 25.0 Å². The molecule has 1 atom stereocenters. The highest BCUT2D eigenvalue weighted by Crippen LogP contribution is 2.22. The van der Waals surface area contributed by atoms with Crippen LogP contribution in [0.1, 0.15) is 29.0 Å². The standard InChI is InChI=1S/C17H24N4O/c1-12-4-6-18-17(8-12)19-9-15-5-7-21(10-15)11-16-13(2)20-22-14(16)3/h4,6,8,15H,5,7,9-11H2,1-3H3,(H,18,19)/t15-/m1/s1. The maximum absolute atomic E-state index is 5.25. The summed E-state index contributed by atoms with van der Waals surface area (Å²) < 4.78 is 5.25. The molecule has 5 nitrogen and oxygen atoms in total. The summed E-state index contributed by atoms with van der Waals surface area (Å²) in [5, 5.41) is 7.50. The summed E-state index contributed by atoms with van der Waals surface area (Å²) >= 11 is 0. The van der Waals surface area contributed by atoms with Crippen LogP contribution in [0.4, 0.5) is 5.82 Å². The van der Waals surface area contributed by atoms with E-state index in [-0.39, 0.29) is 0 Å². The van der Waals surface area contributed by atoms with Crippen LogP contribution >= 0.6 is 0 Å². The molecule has 1 saturated heterocycles. The Kier molecular flexibility index (Phi) is 4.43. The lowest BCUT2D eigenvalue weighted by atomic mass is 10.1. The first kappa shape index (κ1) is 15.0. The van der Waals surface area contributed by atoms with E-state index in [9.17, 15) is 0 Å². The van der Waals surface area contributed by atoms with Crippen molar-refractivity contribution in [3.05, 3.63) is 40.9 Å². The molecule has 118 valence electrons. The summed E-state index contributed by atoms with van der Waals surface area (Å²) in [6.45, 7) is 10.3. The zero-order valence-electron chi connectivity index (χ0n) is 13.6. The molecule has 1 fully saturated rings. The molecule has 0 bridgehead atoms. The summed E-state index contributed by atoms with van der Waals surface area (Å²) in [6, 6.07) is 4.11. The Morgan fingerprint density at radius 1 is 1.36 bits per heavy atom. The molecule has 0 aromatic carbocycles. The second-order valence-corrected chi connectivity index (χ2v) is 6.29. The number of pyridine rings is 1. The maximum atomic E-state index is 5.25. The number of nitrogens with one attached hydrogen (secondary N) is 1. The summed E-state index contributed by atoms with van der Waals surface area (Å²) in [6.07, 6.45) is 3.08. The first-order valence-corrected chi connectivity index (χ1v) is 7.92. The minimum Gasteiger partial charge on any atom is -0.370 e. The SMILES string of the molecule is Cc1ccnc(NC[C@H]2CCN(Cc3c(C)noc3C)C2)c1. The third kappa shape index (κ3) is 3.47. The van der Waals surface area contributed by atoms with Crippen LogP contribution in [0.15, 0.2) is 22.9 Å². The van der Waals surface area contributed by atoms with E-state index < -0.39 is 0 Å². The second kappa shape index (κ2) is 6.48. The van der Waals surface area contributed by atoms with E-state index in [0.717, 1.165) is 43.5 Å². The molecule has 0 spiro atoms. The van der Waals surface area contributed by atoms with Crippen molar-refractivity contribution in [3.8, 4) is 0 Å². The van der Waals surface area contributed by atoms with Crippen LogP contribution < -0.4 is 5.32 Å². The van der Waals surface area contributed by atoms with Gasteiger partial charge in [0.2, 0.25) is 0 Å². The smallest absolute Gasteiger partial charge is 0.138 e. The molecule has 2 aromatic heterocycles. The van der Waals surface area contributed by atoms with Gasteiger partial charge in [-0.15, -0.1) is 0 Å². The van der Waals surface area contributed by atoms with Gasteiger partial charge in [-0.25, -0.2) is 4.98 Å². The maximum Gasteiger partial charge on any atom is 0.138 e. The lowest BCUT2D eigenvalue weighted by Crippen LogP contribution is -2.23. The van der Waals surface area contributed by atoms with Gasteiger partial charge < -0.3 is 9.84 Å². The molecule has 0 saturated carbocycles.